The van der Waals surface area contributed by atoms with Crippen molar-refractivity contribution < 1.29 is 11.3 Å². The van der Waals surface area contributed by atoms with Gasteiger partial charge in [-0.1, -0.05) is 289 Å². The molecule has 0 unspecified atom stereocenters. The molecule has 0 atom stereocenters. The SMILES string of the molecule is [2H]c1c([2H])c([2H])c(-c2ccc3c(c2)N(c2ccc(-c4ccccc4)cc2-c2ccccc2)c2cc(-n4c5ccc(C(C)(C)C)cc5c5cc(C(C)(C)C)ccc54)cc4c2B3c2ccc(-c3cc(C(C)(C)C)cc(C(C)(C)C)c3)cc2N4c2cccc3c2sc2c(-c4ccc5oc6ccccc6c5c4)cccc23)c([2H])c1[2H]. The summed E-state index contributed by atoms with van der Waals surface area (Å²) in [5, 5.41) is 6.86. The van der Waals surface area contributed by atoms with Crippen molar-refractivity contribution in [1.82, 2.24) is 4.57 Å². The first-order valence-corrected chi connectivity index (χ1v) is 38.0. The van der Waals surface area contributed by atoms with Gasteiger partial charge in [-0.2, -0.15) is 0 Å². The number of thiophene rings is 1. The van der Waals surface area contributed by atoms with E-state index in [9.17, 15) is 2.74 Å². The molecular formula is C100H84BN3OS. The van der Waals surface area contributed by atoms with Gasteiger partial charge in [-0.15, -0.1) is 11.3 Å². The van der Waals surface area contributed by atoms with Crippen molar-refractivity contribution in [2.24, 2.45) is 0 Å². The van der Waals surface area contributed by atoms with Crippen LogP contribution in [0.3, 0.4) is 0 Å². The van der Waals surface area contributed by atoms with E-state index >= 15 is 0 Å². The average Bonchev–Trinajstić information content (AvgIpc) is 1.42. The summed E-state index contributed by atoms with van der Waals surface area (Å²) in [5.41, 5.74) is 27.6. The van der Waals surface area contributed by atoms with Crippen LogP contribution in [0.2, 0.25) is 0 Å². The summed E-state index contributed by atoms with van der Waals surface area (Å²) in [5.74, 6) is 0. The lowest BCUT2D eigenvalue weighted by Crippen LogP contribution is -2.61. The molecule has 2 aliphatic heterocycles. The second-order valence-electron chi connectivity index (χ2n) is 33.4. The molecule has 19 rings (SSSR count). The van der Waals surface area contributed by atoms with E-state index in [2.05, 4.69) is 340 Å². The van der Waals surface area contributed by atoms with Crippen molar-refractivity contribution in [3.8, 4) is 61.3 Å². The van der Waals surface area contributed by atoms with Crippen LogP contribution in [0.1, 0.15) is 112 Å². The first-order valence-electron chi connectivity index (χ1n) is 39.6. The smallest absolute Gasteiger partial charge is 0.252 e. The Bertz CT molecular complexity index is 6650. The maximum atomic E-state index is 9.63. The second kappa shape index (κ2) is 24.1. The molecule has 3 aromatic heterocycles. The molecule has 2 aliphatic rings. The van der Waals surface area contributed by atoms with Gasteiger partial charge >= 0.3 is 0 Å². The number of hydrogen-bond donors (Lipinski definition) is 0. The van der Waals surface area contributed by atoms with Crippen LogP contribution in [0.25, 0.3) is 125 Å². The Labute approximate surface area is 633 Å². The molecule has 0 aliphatic carbocycles. The highest BCUT2D eigenvalue weighted by Crippen LogP contribution is 2.54. The van der Waals surface area contributed by atoms with E-state index in [1.165, 1.54) is 43.1 Å². The molecular weight excluding hydrogens is 1300 g/mol. The number of fused-ring (bicyclic) bond motifs is 13. The van der Waals surface area contributed by atoms with E-state index in [0.717, 1.165) is 144 Å². The van der Waals surface area contributed by atoms with Gasteiger partial charge < -0.3 is 18.8 Å². The highest BCUT2D eigenvalue weighted by molar-refractivity contribution is 7.27. The van der Waals surface area contributed by atoms with Gasteiger partial charge in [0.05, 0.1) is 39.6 Å². The van der Waals surface area contributed by atoms with Crippen molar-refractivity contribution in [2.45, 2.75) is 105 Å². The monoisotopic (exact) mass is 1390 g/mol. The third-order valence-electron chi connectivity index (χ3n) is 22.5. The quantitative estimate of drug-likeness (QED) is 0.142. The minimum atomic E-state index is -0.432. The highest BCUT2D eigenvalue weighted by atomic mass is 32.1. The third kappa shape index (κ3) is 10.7. The molecule has 0 saturated carbocycles. The Kier molecular flexibility index (Phi) is 13.6. The van der Waals surface area contributed by atoms with Crippen molar-refractivity contribution in [2.75, 3.05) is 9.80 Å². The van der Waals surface area contributed by atoms with Crippen LogP contribution < -0.4 is 26.2 Å². The van der Waals surface area contributed by atoms with E-state index in [-0.39, 0.29) is 51.4 Å². The van der Waals surface area contributed by atoms with Crippen molar-refractivity contribution in [3.63, 3.8) is 0 Å². The maximum absolute atomic E-state index is 9.63. The van der Waals surface area contributed by atoms with Gasteiger partial charge in [-0.05, 0) is 195 Å². The van der Waals surface area contributed by atoms with Crippen molar-refractivity contribution >= 4 is 132 Å². The molecule has 0 bridgehead atoms. The normalized spacial score (nSPS) is 13.9. The van der Waals surface area contributed by atoms with Crippen LogP contribution in [0.4, 0.5) is 34.1 Å². The molecule has 5 heterocycles. The Morgan fingerprint density at radius 2 is 0.830 bits per heavy atom. The van der Waals surface area contributed by atoms with E-state index in [1.54, 1.807) is 0 Å². The van der Waals surface area contributed by atoms with Crippen LogP contribution in [-0.4, -0.2) is 11.3 Å². The van der Waals surface area contributed by atoms with Gasteiger partial charge in [-0.3, -0.25) is 0 Å². The molecule has 0 amide bonds. The van der Waals surface area contributed by atoms with Crippen molar-refractivity contribution in [3.05, 3.63) is 313 Å². The zero-order valence-electron chi connectivity index (χ0n) is 67.1. The third-order valence-corrected chi connectivity index (χ3v) is 23.7. The van der Waals surface area contributed by atoms with Gasteiger partial charge in [0.1, 0.15) is 11.2 Å². The lowest BCUT2D eigenvalue weighted by Gasteiger charge is -2.45. The Hall–Kier alpha value is -11.4. The number of benzene rings is 14. The molecule has 106 heavy (non-hydrogen) atoms. The number of nitrogens with zero attached hydrogens (tertiary/aromatic N) is 3. The Morgan fingerprint density at radius 3 is 1.45 bits per heavy atom. The molecule has 4 nitrogen and oxygen atoms in total. The zero-order chi connectivity index (χ0) is 76.8. The first-order chi connectivity index (χ1) is 53.1. The summed E-state index contributed by atoms with van der Waals surface area (Å²) in [6.07, 6.45) is 0. The molecule has 0 N–H and O–H groups in total. The summed E-state index contributed by atoms with van der Waals surface area (Å²) >= 11 is 1.85. The maximum Gasteiger partial charge on any atom is 0.252 e. The summed E-state index contributed by atoms with van der Waals surface area (Å²) in [6.45, 7) is 27.2. The molecule has 6 heteroatoms. The first kappa shape index (κ1) is 59.9. The number of para-hydroxylation sites is 1. The summed E-state index contributed by atoms with van der Waals surface area (Å²) < 4.78 is 57.6. The van der Waals surface area contributed by atoms with Gasteiger partial charge in [0.2, 0.25) is 0 Å². The van der Waals surface area contributed by atoms with E-state index in [0.29, 0.717) is 5.56 Å². The minimum Gasteiger partial charge on any atom is -0.456 e. The van der Waals surface area contributed by atoms with E-state index < -0.39 is 12.8 Å². The van der Waals surface area contributed by atoms with Gasteiger partial charge in [0, 0.05) is 65.3 Å². The predicted octanol–water partition coefficient (Wildman–Crippen LogP) is 26.7. The van der Waals surface area contributed by atoms with Crippen LogP contribution in [0.15, 0.2) is 295 Å². The van der Waals surface area contributed by atoms with Crippen LogP contribution in [-0.2, 0) is 21.7 Å². The fourth-order valence-electron chi connectivity index (χ4n) is 16.7. The lowest BCUT2D eigenvalue weighted by molar-refractivity contribution is 0.569. The zero-order valence-corrected chi connectivity index (χ0v) is 62.9. The molecule has 0 radical (unpaired) electrons. The summed E-state index contributed by atoms with van der Waals surface area (Å²) in [7, 11) is 0. The molecule has 514 valence electrons. The minimum absolute atomic E-state index is 0.142. The number of aromatic nitrogens is 1. The van der Waals surface area contributed by atoms with Gasteiger partial charge in [-0.25, -0.2) is 0 Å². The fourth-order valence-corrected chi connectivity index (χ4v) is 18.1. The largest absolute Gasteiger partial charge is 0.456 e. The summed E-state index contributed by atoms with van der Waals surface area (Å²) in [6, 6.07) is 94.8. The Balaban J connectivity index is 0.976. The average molecular weight is 1390 g/mol. The lowest BCUT2D eigenvalue weighted by atomic mass is 9.33. The van der Waals surface area contributed by atoms with Crippen LogP contribution >= 0.6 is 11.3 Å². The molecule has 0 spiro atoms. The number of anilines is 6. The molecule has 0 fully saturated rings. The van der Waals surface area contributed by atoms with Crippen LogP contribution in [0, 0.1) is 0 Å². The summed E-state index contributed by atoms with van der Waals surface area (Å²) in [4.78, 5) is 5.06. The van der Waals surface area contributed by atoms with Gasteiger partial charge in [0.15, 0.2) is 0 Å². The standard InChI is InChI=1S/C100H84BN3OS/c1-97(2,3)69-42-47-85-79(57-69)80-58-70(98(4,5)6)43-48-86(80)102(85)73-59-90-94-91(60-73)104(87-36-25-35-77-76-34-24-33-74(95(76)106-96(77)87)67-41-49-93-81(53-67)75-32-22-23-37-92(75)105-93)89-55-66(68-50-71(99(7,8)9)56-72(51-68)100(10,11)12)39-45-83(89)101(94)82-44-38-65(62-28-18-14-19-29-62)54-88(82)103(90)84-46-40-64(61-26-16-13-17-27-61)52-78(84)63-30-20-15-21-31-63/h13-60H,1-12H3/i14D,18D,19D,28D,29D. The number of rotatable bonds is 8. The van der Waals surface area contributed by atoms with Gasteiger partial charge in [0.25, 0.3) is 6.71 Å². The highest BCUT2D eigenvalue weighted by Gasteiger charge is 2.45. The molecule has 14 aromatic carbocycles. The molecule has 0 saturated heterocycles. The van der Waals surface area contributed by atoms with Crippen LogP contribution in [0.5, 0.6) is 0 Å². The topological polar surface area (TPSA) is 24.6 Å². The Morgan fingerprint density at radius 1 is 0.311 bits per heavy atom. The fraction of sp³-hybridized carbons (Fsp3) is 0.160. The molecule has 17 aromatic rings. The number of furan rings is 1. The predicted molar refractivity (Wildman–Crippen MR) is 457 cm³/mol. The van der Waals surface area contributed by atoms with Crippen molar-refractivity contribution in [1.29, 1.82) is 0 Å². The second-order valence-corrected chi connectivity index (χ2v) is 34.4. The van der Waals surface area contributed by atoms with E-state index in [1.807, 2.05) is 29.5 Å². The van der Waals surface area contributed by atoms with E-state index in [4.69, 9.17) is 8.53 Å². The number of hydrogen-bond acceptors (Lipinski definition) is 4.